The van der Waals surface area contributed by atoms with Crippen LogP contribution in [0.5, 0.6) is 0 Å². The number of hydrogen-bond donors (Lipinski definition) is 3. The van der Waals surface area contributed by atoms with Crippen LogP contribution in [0.25, 0.3) is 0 Å². The summed E-state index contributed by atoms with van der Waals surface area (Å²) in [5.74, 6) is -0.294. The van der Waals surface area contributed by atoms with Crippen LogP contribution in [0.15, 0.2) is 12.2 Å². The molecule has 6 nitrogen and oxygen atoms in total. The Bertz CT molecular complexity index is 266. The third kappa shape index (κ3) is 7.81. The number of carbonyl (C=O) groups excluding carboxylic acids is 2. The summed E-state index contributed by atoms with van der Waals surface area (Å²) < 4.78 is 5.18. The summed E-state index contributed by atoms with van der Waals surface area (Å²) >= 11 is 0. The zero-order valence-electron chi connectivity index (χ0n) is 9.71. The van der Waals surface area contributed by atoms with Gasteiger partial charge in [-0.2, -0.15) is 0 Å². The Labute approximate surface area is 95.2 Å². The van der Waals surface area contributed by atoms with Crippen molar-refractivity contribution in [3.8, 4) is 0 Å². The SMILES string of the molecule is C=C(C)COCCNC(=O)C(C)NC(N)=O. The summed E-state index contributed by atoms with van der Waals surface area (Å²) in [6, 6.07) is -1.36. The van der Waals surface area contributed by atoms with Crippen molar-refractivity contribution >= 4 is 11.9 Å². The first-order valence-corrected chi connectivity index (χ1v) is 4.99. The summed E-state index contributed by atoms with van der Waals surface area (Å²) in [5.41, 5.74) is 5.80. The molecule has 3 amide bonds. The number of amides is 3. The highest BCUT2D eigenvalue weighted by molar-refractivity contribution is 5.86. The first-order chi connectivity index (χ1) is 7.43. The van der Waals surface area contributed by atoms with Gasteiger partial charge in [-0.15, -0.1) is 0 Å². The minimum absolute atomic E-state index is 0.294. The molecule has 0 fully saturated rings. The summed E-state index contributed by atoms with van der Waals surface area (Å²) in [6.45, 7) is 8.35. The van der Waals surface area contributed by atoms with Gasteiger partial charge in [-0.1, -0.05) is 12.2 Å². The lowest BCUT2D eigenvalue weighted by Crippen LogP contribution is -2.47. The average molecular weight is 229 g/mol. The Kier molecular flexibility index (Phi) is 6.95. The maximum Gasteiger partial charge on any atom is 0.312 e. The summed E-state index contributed by atoms with van der Waals surface area (Å²) in [7, 11) is 0. The van der Waals surface area contributed by atoms with Crippen LogP contribution >= 0.6 is 0 Å². The molecule has 92 valence electrons. The molecule has 0 saturated carbocycles. The van der Waals surface area contributed by atoms with E-state index in [9.17, 15) is 9.59 Å². The standard InChI is InChI=1S/C10H19N3O3/c1-7(2)6-16-5-4-12-9(14)8(3)13-10(11)15/h8H,1,4-6H2,2-3H3,(H,12,14)(H3,11,13,15). The smallest absolute Gasteiger partial charge is 0.312 e. The molecule has 0 aliphatic heterocycles. The third-order valence-electron chi connectivity index (χ3n) is 1.65. The predicted octanol–water partition coefficient (Wildman–Crippen LogP) is -0.248. The molecule has 1 atom stereocenters. The fraction of sp³-hybridized carbons (Fsp3) is 0.600. The molecule has 0 rings (SSSR count). The van der Waals surface area contributed by atoms with Gasteiger partial charge in [0.1, 0.15) is 6.04 Å². The lowest BCUT2D eigenvalue weighted by molar-refractivity contribution is -0.122. The second-order valence-corrected chi connectivity index (χ2v) is 3.53. The summed E-state index contributed by atoms with van der Waals surface area (Å²) in [4.78, 5) is 21.8. The molecule has 16 heavy (non-hydrogen) atoms. The van der Waals surface area contributed by atoms with Crippen molar-refractivity contribution in [2.24, 2.45) is 5.73 Å². The molecule has 4 N–H and O–H groups in total. The van der Waals surface area contributed by atoms with E-state index < -0.39 is 12.1 Å². The molecule has 0 aromatic carbocycles. The van der Waals surface area contributed by atoms with E-state index in [4.69, 9.17) is 10.5 Å². The maximum absolute atomic E-state index is 11.3. The zero-order valence-corrected chi connectivity index (χ0v) is 9.71. The summed E-state index contributed by atoms with van der Waals surface area (Å²) in [5, 5.41) is 4.87. The van der Waals surface area contributed by atoms with Gasteiger partial charge in [-0.3, -0.25) is 4.79 Å². The van der Waals surface area contributed by atoms with E-state index in [-0.39, 0.29) is 5.91 Å². The second-order valence-electron chi connectivity index (χ2n) is 3.53. The number of rotatable bonds is 7. The van der Waals surface area contributed by atoms with Crippen molar-refractivity contribution in [3.63, 3.8) is 0 Å². The van der Waals surface area contributed by atoms with E-state index in [0.717, 1.165) is 5.57 Å². The Hall–Kier alpha value is -1.56. The Balaban J connectivity index is 3.57. The van der Waals surface area contributed by atoms with E-state index in [1.165, 1.54) is 0 Å². The topological polar surface area (TPSA) is 93.4 Å². The number of ether oxygens (including phenoxy) is 1. The van der Waals surface area contributed by atoms with Crippen molar-refractivity contribution in [3.05, 3.63) is 12.2 Å². The number of carbonyl (C=O) groups is 2. The third-order valence-corrected chi connectivity index (χ3v) is 1.65. The van der Waals surface area contributed by atoms with E-state index in [1.54, 1.807) is 6.92 Å². The van der Waals surface area contributed by atoms with Crippen LogP contribution in [-0.2, 0) is 9.53 Å². The fourth-order valence-electron chi connectivity index (χ4n) is 0.925. The largest absolute Gasteiger partial charge is 0.375 e. The van der Waals surface area contributed by atoms with Crippen molar-refractivity contribution in [1.82, 2.24) is 10.6 Å². The minimum Gasteiger partial charge on any atom is -0.375 e. The van der Waals surface area contributed by atoms with E-state index >= 15 is 0 Å². The molecule has 1 unspecified atom stereocenters. The van der Waals surface area contributed by atoms with Gasteiger partial charge in [0, 0.05) is 6.54 Å². The highest BCUT2D eigenvalue weighted by Crippen LogP contribution is 1.87. The van der Waals surface area contributed by atoms with Gasteiger partial charge in [0.2, 0.25) is 5.91 Å². The normalized spacial score (nSPS) is 11.6. The van der Waals surface area contributed by atoms with E-state index in [1.807, 2.05) is 6.92 Å². The molecular weight excluding hydrogens is 210 g/mol. The first-order valence-electron chi connectivity index (χ1n) is 4.99. The molecule has 0 aromatic heterocycles. The lowest BCUT2D eigenvalue weighted by atomic mass is 10.3. The Morgan fingerprint density at radius 1 is 1.50 bits per heavy atom. The van der Waals surface area contributed by atoms with Crippen LogP contribution in [0.3, 0.4) is 0 Å². The number of hydrogen-bond acceptors (Lipinski definition) is 3. The number of urea groups is 1. The first kappa shape index (κ1) is 14.4. The van der Waals surface area contributed by atoms with E-state index in [0.29, 0.717) is 19.8 Å². The maximum atomic E-state index is 11.3. The van der Waals surface area contributed by atoms with Crippen molar-refractivity contribution in [1.29, 1.82) is 0 Å². The van der Waals surface area contributed by atoms with Gasteiger partial charge in [0.25, 0.3) is 0 Å². The monoisotopic (exact) mass is 229 g/mol. The van der Waals surface area contributed by atoms with Crippen LogP contribution in [0.2, 0.25) is 0 Å². The van der Waals surface area contributed by atoms with Gasteiger partial charge in [0.05, 0.1) is 13.2 Å². The molecule has 0 aliphatic carbocycles. The molecule has 0 aromatic rings. The molecule has 0 spiro atoms. The van der Waals surface area contributed by atoms with E-state index in [2.05, 4.69) is 17.2 Å². The summed E-state index contributed by atoms with van der Waals surface area (Å²) in [6.07, 6.45) is 0. The number of primary amides is 1. The highest BCUT2D eigenvalue weighted by atomic mass is 16.5. The van der Waals surface area contributed by atoms with Crippen LogP contribution in [0.4, 0.5) is 4.79 Å². The van der Waals surface area contributed by atoms with Gasteiger partial charge in [0.15, 0.2) is 0 Å². The zero-order chi connectivity index (χ0) is 12.6. The quantitative estimate of drug-likeness (QED) is 0.415. The molecule has 0 heterocycles. The van der Waals surface area contributed by atoms with Crippen LogP contribution < -0.4 is 16.4 Å². The predicted molar refractivity (Wildman–Crippen MR) is 60.8 cm³/mol. The van der Waals surface area contributed by atoms with Crippen molar-refractivity contribution in [2.45, 2.75) is 19.9 Å². The number of nitrogens with two attached hydrogens (primary N) is 1. The molecule has 0 bridgehead atoms. The Morgan fingerprint density at radius 2 is 2.12 bits per heavy atom. The Morgan fingerprint density at radius 3 is 2.62 bits per heavy atom. The van der Waals surface area contributed by atoms with Gasteiger partial charge in [-0.25, -0.2) is 4.79 Å². The van der Waals surface area contributed by atoms with Gasteiger partial charge in [-0.05, 0) is 13.8 Å². The lowest BCUT2D eigenvalue weighted by Gasteiger charge is -2.12. The number of nitrogens with one attached hydrogen (secondary N) is 2. The van der Waals surface area contributed by atoms with Crippen LogP contribution in [-0.4, -0.2) is 37.7 Å². The van der Waals surface area contributed by atoms with Gasteiger partial charge < -0.3 is 21.1 Å². The van der Waals surface area contributed by atoms with Gasteiger partial charge >= 0.3 is 6.03 Å². The molecule has 0 aliphatic rings. The van der Waals surface area contributed by atoms with Crippen molar-refractivity contribution in [2.75, 3.05) is 19.8 Å². The molecule has 6 heteroatoms. The fourth-order valence-corrected chi connectivity index (χ4v) is 0.925. The van der Waals surface area contributed by atoms with Crippen LogP contribution in [0.1, 0.15) is 13.8 Å². The molecule has 0 radical (unpaired) electrons. The molecule has 0 saturated heterocycles. The highest BCUT2D eigenvalue weighted by Gasteiger charge is 2.12. The molecular formula is C10H19N3O3. The van der Waals surface area contributed by atoms with Crippen LogP contribution in [0, 0.1) is 0 Å². The second kappa shape index (κ2) is 7.70. The van der Waals surface area contributed by atoms with Crippen molar-refractivity contribution < 1.29 is 14.3 Å². The minimum atomic E-state index is -0.721. The average Bonchev–Trinajstić information content (AvgIpc) is 2.15.